The second kappa shape index (κ2) is 6.05. The quantitative estimate of drug-likeness (QED) is 0.866. The lowest BCUT2D eigenvalue weighted by Crippen LogP contribution is -2.21. The molecule has 1 aromatic heterocycles. The molecule has 0 bridgehead atoms. The Bertz CT molecular complexity index is 573. The molecular formula is C14H15ClN4O. The van der Waals surface area contributed by atoms with E-state index in [-0.39, 0.29) is 11.3 Å². The van der Waals surface area contributed by atoms with Crippen molar-refractivity contribution in [3.63, 3.8) is 0 Å². The van der Waals surface area contributed by atoms with Gasteiger partial charge < -0.3 is 9.64 Å². The van der Waals surface area contributed by atoms with Crippen LogP contribution in [0.4, 0.5) is 5.95 Å². The zero-order valence-electron chi connectivity index (χ0n) is 11.0. The van der Waals surface area contributed by atoms with Gasteiger partial charge in [0.05, 0.1) is 0 Å². The first-order chi connectivity index (χ1) is 9.81. The van der Waals surface area contributed by atoms with Gasteiger partial charge in [-0.2, -0.15) is 15.0 Å². The number of rotatable bonds is 4. The molecular weight excluding hydrogens is 276 g/mol. The van der Waals surface area contributed by atoms with Gasteiger partial charge in [-0.1, -0.05) is 30.3 Å². The minimum atomic E-state index is 0.171. The Hall–Kier alpha value is -1.88. The third kappa shape index (κ3) is 3.17. The molecule has 0 amide bonds. The van der Waals surface area contributed by atoms with Crippen LogP contribution in [0.2, 0.25) is 5.28 Å². The van der Waals surface area contributed by atoms with Gasteiger partial charge in [0.1, 0.15) is 6.61 Å². The van der Waals surface area contributed by atoms with Crippen molar-refractivity contribution in [1.82, 2.24) is 15.0 Å². The molecule has 6 heteroatoms. The summed E-state index contributed by atoms with van der Waals surface area (Å²) in [6.07, 6.45) is 2.31. The number of halogens is 1. The lowest BCUT2D eigenvalue weighted by molar-refractivity contribution is 0.280. The number of nitrogens with zero attached hydrogens (tertiary/aromatic N) is 4. The summed E-state index contributed by atoms with van der Waals surface area (Å²) < 4.78 is 5.60. The van der Waals surface area contributed by atoms with Crippen LogP contribution in [0.5, 0.6) is 6.01 Å². The van der Waals surface area contributed by atoms with Crippen molar-refractivity contribution in [2.75, 3.05) is 18.0 Å². The summed E-state index contributed by atoms with van der Waals surface area (Å²) in [6.45, 7) is 2.33. The Morgan fingerprint density at radius 2 is 1.80 bits per heavy atom. The molecule has 2 heterocycles. The van der Waals surface area contributed by atoms with Crippen molar-refractivity contribution in [2.45, 2.75) is 19.4 Å². The van der Waals surface area contributed by atoms with Crippen molar-refractivity contribution >= 4 is 17.5 Å². The molecule has 0 N–H and O–H groups in total. The van der Waals surface area contributed by atoms with E-state index in [9.17, 15) is 0 Å². The Balaban J connectivity index is 1.72. The number of anilines is 1. The SMILES string of the molecule is Clc1nc(OCc2ccccc2)nc(N2CCCC2)n1. The number of aromatic nitrogens is 3. The fraction of sp³-hybridized carbons (Fsp3) is 0.357. The van der Waals surface area contributed by atoms with Gasteiger partial charge in [0, 0.05) is 13.1 Å². The van der Waals surface area contributed by atoms with Crippen molar-refractivity contribution in [2.24, 2.45) is 0 Å². The number of hydrogen-bond acceptors (Lipinski definition) is 5. The normalized spacial score (nSPS) is 14.6. The maximum atomic E-state index is 5.94. The van der Waals surface area contributed by atoms with E-state index in [4.69, 9.17) is 16.3 Å². The van der Waals surface area contributed by atoms with Gasteiger partial charge in [0.2, 0.25) is 11.2 Å². The molecule has 5 nitrogen and oxygen atoms in total. The molecule has 104 valence electrons. The summed E-state index contributed by atoms with van der Waals surface area (Å²) in [7, 11) is 0. The van der Waals surface area contributed by atoms with E-state index < -0.39 is 0 Å². The van der Waals surface area contributed by atoms with Crippen LogP contribution in [0.1, 0.15) is 18.4 Å². The lowest BCUT2D eigenvalue weighted by Gasteiger charge is -2.15. The van der Waals surface area contributed by atoms with E-state index >= 15 is 0 Å². The van der Waals surface area contributed by atoms with Crippen LogP contribution < -0.4 is 9.64 Å². The topological polar surface area (TPSA) is 51.1 Å². The molecule has 2 aromatic rings. The summed E-state index contributed by atoms with van der Waals surface area (Å²) in [6, 6.07) is 10.2. The minimum Gasteiger partial charge on any atom is -0.458 e. The van der Waals surface area contributed by atoms with Crippen LogP contribution in [0.3, 0.4) is 0 Å². The van der Waals surface area contributed by atoms with Gasteiger partial charge in [-0.05, 0) is 30.0 Å². The average Bonchev–Trinajstić information content (AvgIpc) is 3.00. The van der Waals surface area contributed by atoms with E-state index in [0.29, 0.717) is 12.6 Å². The van der Waals surface area contributed by atoms with Crippen LogP contribution in [0.15, 0.2) is 30.3 Å². The first kappa shape index (κ1) is 13.1. The highest BCUT2D eigenvalue weighted by Gasteiger charge is 2.17. The minimum absolute atomic E-state index is 0.171. The van der Waals surface area contributed by atoms with Crippen molar-refractivity contribution < 1.29 is 4.74 Å². The summed E-state index contributed by atoms with van der Waals surface area (Å²) in [5.74, 6) is 0.602. The van der Waals surface area contributed by atoms with Crippen molar-refractivity contribution in [1.29, 1.82) is 0 Å². The predicted octanol–water partition coefficient (Wildman–Crippen LogP) is 2.70. The van der Waals surface area contributed by atoms with E-state index in [1.54, 1.807) is 0 Å². The Kier molecular flexibility index (Phi) is 3.97. The van der Waals surface area contributed by atoms with Gasteiger partial charge in [-0.3, -0.25) is 0 Å². The van der Waals surface area contributed by atoms with E-state index in [0.717, 1.165) is 31.5 Å². The molecule has 0 saturated carbocycles. The largest absolute Gasteiger partial charge is 0.458 e. The van der Waals surface area contributed by atoms with Gasteiger partial charge in [-0.15, -0.1) is 0 Å². The third-order valence-electron chi connectivity index (χ3n) is 3.18. The van der Waals surface area contributed by atoms with Crippen LogP contribution in [0.25, 0.3) is 0 Å². The maximum Gasteiger partial charge on any atom is 0.322 e. The molecule has 1 saturated heterocycles. The fourth-order valence-corrected chi connectivity index (χ4v) is 2.32. The highest BCUT2D eigenvalue weighted by molar-refractivity contribution is 6.28. The van der Waals surface area contributed by atoms with Gasteiger partial charge in [0.15, 0.2) is 0 Å². The molecule has 0 radical (unpaired) electrons. The second-order valence-electron chi connectivity index (χ2n) is 4.66. The summed E-state index contributed by atoms with van der Waals surface area (Å²) in [5, 5.41) is 0.171. The smallest absolute Gasteiger partial charge is 0.322 e. The van der Waals surface area contributed by atoms with E-state index in [1.165, 1.54) is 0 Å². The highest BCUT2D eigenvalue weighted by atomic mass is 35.5. The van der Waals surface area contributed by atoms with Crippen LogP contribution in [-0.4, -0.2) is 28.0 Å². The first-order valence-corrected chi connectivity index (χ1v) is 7.02. The van der Waals surface area contributed by atoms with Crippen LogP contribution in [0, 0.1) is 0 Å². The van der Waals surface area contributed by atoms with Crippen LogP contribution in [-0.2, 0) is 6.61 Å². The molecule has 0 unspecified atom stereocenters. The Morgan fingerprint density at radius 3 is 2.55 bits per heavy atom. The van der Waals surface area contributed by atoms with Crippen molar-refractivity contribution in [3.8, 4) is 6.01 Å². The molecule has 0 aliphatic carbocycles. The molecule has 1 fully saturated rings. The molecule has 20 heavy (non-hydrogen) atoms. The average molecular weight is 291 g/mol. The Labute approximate surface area is 122 Å². The van der Waals surface area contributed by atoms with Crippen molar-refractivity contribution in [3.05, 3.63) is 41.2 Å². The number of ether oxygens (including phenoxy) is 1. The monoisotopic (exact) mass is 290 g/mol. The summed E-state index contributed by atoms with van der Waals surface area (Å²) in [4.78, 5) is 14.6. The summed E-state index contributed by atoms with van der Waals surface area (Å²) >= 11 is 5.94. The molecule has 3 rings (SSSR count). The lowest BCUT2D eigenvalue weighted by atomic mass is 10.2. The molecule has 1 aliphatic rings. The predicted molar refractivity (Wildman–Crippen MR) is 77.1 cm³/mol. The van der Waals surface area contributed by atoms with Gasteiger partial charge in [0.25, 0.3) is 0 Å². The van der Waals surface area contributed by atoms with Gasteiger partial charge >= 0.3 is 6.01 Å². The van der Waals surface area contributed by atoms with Crippen LogP contribution >= 0.6 is 11.6 Å². The van der Waals surface area contributed by atoms with E-state index in [2.05, 4.69) is 19.9 Å². The van der Waals surface area contributed by atoms with E-state index in [1.807, 2.05) is 30.3 Å². The first-order valence-electron chi connectivity index (χ1n) is 6.64. The Morgan fingerprint density at radius 1 is 1.05 bits per heavy atom. The number of hydrogen-bond donors (Lipinski definition) is 0. The van der Waals surface area contributed by atoms with Gasteiger partial charge in [-0.25, -0.2) is 0 Å². The molecule has 0 spiro atoms. The fourth-order valence-electron chi connectivity index (χ4n) is 2.17. The third-order valence-corrected chi connectivity index (χ3v) is 3.34. The summed E-state index contributed by atoms with van der Waals surface area (Å²) in [5.41, 5.74) is 1.06. The highest BCUT2D eigenvalue weighted by Crippen LogP contribution is 2.19. The second-order valence-corrected chi connectivity index (χ2v) is 4.99. The number of benzene rings is 1. The molecule has 1 aromatic carbocycles. The molecule has 1 aliphatic heterocycles. The zero-order valence-corrected chi connectivity index (χ0v) is 11.8. The standard InChI is InChI=1S/C14H15ClN4O/c15-12-16-13(19-8-4-5-9-19)18-14(17-12)20-10-11-6-2-1-3-7-11/h1-3,6-7H,4-5,8-10H2. The molecule has 0 atom stereocenters. The zero-order chi connectivity index (χ0) is 13.8. The maximum absolute atomic E-state index is 5.94.